The van der Waals surface area contributed by atoms with Gasteiger partial charge in [-0.3, -0.25) is 9.59 Å². The summed E-state index contributed by atoms with van der Waals surface area (Å²) in [5.74, 6) is 0.127. The first-order valence-electron chi connectivity index (χ1n) is 9.45. The van der Waals surface area contributed by atoms with Crippen LogP contribution in [0, 0.1) is 5.92 Å². The van der Waals surface area contributed by atoms with E-state index in [0.29, 0.717) is 30.3 Å². The largest absolute Gasteiger partial charge is 0.507 e. The number of benzene rings is 2. The second-order valence-electron chi connectivity index (χ2n) is 7.32. The third-order valence-electron chi connectivity index (χ3n) is 5.33. The van der Waals surface area contributed by atoms with Gasteiger partial charge in [-0.2, -0.15) is 0 Å². The molecule has 0 saturated heterocycles. The van der Waals surface area contributed by atoms with E-state index in [4.69, 9.17) is 5.73 Å². The minimum Gasteiger partial charge on any atom is -0.507 e. The summed E-state index contributed by atoms with van der Waals surface area (Å²) in [7, 11) is 0. The smallest absolute Gasteiger partial charge is 0.221 e. The number of nitrogens with two attached hydrogens (primary N) is 1. The molecule has 27 heavy (non-hydrogen) atoms. The van der Waals surface area contributed by atoms with E-state index < -0.39 is 0 Å². The first-order chi connectivity index (χ1) is 13.0. The molecule has 0 aromatic heterocycles. The van der Waals surface area contributed by atoms with Gasteiger partial charge >= 0.3 is 0 Å². The number of Topliss-reactive ketones (excluding diaryl/α,β-unsaturated/α-hetero) is 1. The van der Waals surface area contributed by atoms with Crippen molar-refractivity contribution in [2.45, 2.75) is 44.6 Å². The number of fused-ring (bicyclic) bond motifs is 1. The van der Waals surface area contributed by atoms with Gasteiger partial charge in [0.15, 0.2) is 5.78 Å². The fraction of sp³-hybridized carbons (Fsp3) is 0.429. The second-order valence-corrected chi connectivity index (χ2v) is 7.32. The molecule has 1 saturated carbocycles. The summed E-state index contributed by atoms with van der Waals surface area (Å²) in [5, 5.41) is 24.4. The molecule has 2 aromatic rings. The number of carbonyl (C=O) groups is 2. The maximum absolute atomic E-state index is 12.7. The Balaban J connectivity index is 1.61. The summed E-state index contributed by atoms with van der Waals surface area (Å²) >= 11 is 0. The summed E-state index contributed by atoms with van der Waals surface area (Å²) in [6, 6.07) is 8.32. The van der Waals surface area contributed by atoms with Crippen LogP contribution in [0.4, 0.5) is 0 Å². The van der Waals surface area contributed by atoms with Gasteiger partial charge in [-0.15, -0.1) is 0 Å². The molecule has 0 radical (unpaired) electrons. The minimum absolute atomic E-state index is 0.0126. The van der Waals surface area contributed by atoms with Gasteiger partial charge in [-0.1, -0.05) is 12.1 Å². The lowest BCUT2D eigenvalue weighted by Gasteiger charge is -2.28. The van der Waals surface area contributed by atoms with Crippen molar-refractivity contribution >= 4 is 22.5 Å². The SMILES string of the molecule is NCCC(=O)NC1CCC(CC(=O)c2cc3cccc(O)c3cc2O)CC1. The number of ketones is 1. The number of phenols is 2. The van der Waals surface area contributed by atoms with Gasteiger partial charge in [0.25, 0.3) is 0 Å². The molecule has 1 aliphatic rings. The lowest BCUT2D eigenvalue weighted by atomic mass is 9.82. The molecule has 0 heterocycles. The Labute approximate surface area is 158 Å². The van der Waals surface area contributed by atoms with Crippen LogP contribution in [0.3, 0.4) is 0 Å². The Morgan fingerprint density at radius 2 is 1.81 bits per heavy atom. The topological polar surface area (TPSA) is 113 Å². The van der Waals surface area contributed by atoms with E-state index >= 15 is 0 Å². The summed E-state index contributed by atoms with van der Waals surface area (Å²) in [6.45, 7) is 0.350. The van der Waals surface area contributed by atoms with Crippen molar-refractivity contribution in [2.75, 3.05) is 6.54 Å². The molecule has 1 fully saturated rings. The molecule has 0 spiro atoms. The molecule has 3 rings (SSSR count). The van der Waals surface area contributed by atoms with Crippen LogP contribution in [0.15, 0.2) is 30.3 Å². The number of carbonyl (C=O) groups excluding carboxylic acids is 2. The number of nitrogens with one attached hydrogen (secondary N) is 1. The fourth-order valence-corrected chi connectivity index (χ4v) is 3.83. The number of hydrogen-bond donors (Lipinski definition) is 4. The number of aromatic hydroxyl groups is 2. The summed E-state index contributed by atoms with van der Waals surface area (Å²) in [4.78, 5) is 24.3. The highest BCUT2D eigenvalue weighted by Gasteiger charge is 2.25. The molecule has 2 aromatic carbocycles. The van der Waals surface area contributed by atoms with Crippen LogP contribution in [0.1, 0.15) is 48.9 Å². The van der Waals surface area contributed by atoms with Crippen LogP contribution in [-0.4, -0.2) is 34.5 Å². The summed E-state index contributed by atoms with van der Waals surface area (Å²) in [5.41, 5.74) is 5.69. The molecule has 6 nitrogen and oxygen atoms in total. The molecule has 6 heteroatoms. The zero-order valence-corrected chi connectivity index (χ0v) is 15.3. The molecule has 0 unspecified atom stereocenters. The van der Waals surface area contributed by atoms with Gasteiger partial charge in [0.05, 0.1) is 5.56 Å². The van der Waals surface area contributed by atoms with Crippen molar-refractivity contribution in [2.24, 2.45) is 11.7 Å². The monoisotopic (exact) mass is 370 g/mol. The lowest BCUT2D eigenvalue weighted by molar-refractivity contribution is -0.121. The van der Waals surface area contributed by atoms with Crippen molar-refractivity contribution in [1.82, 2.24) is 5.32 Å². The lowest BCUT2D eigenvalue weighted by Crippen LogP contribution is -2.38. The Bertz CT molecular complexity index is 841. The fourth-order valence-electron chi connectivity index (χ4n) is 3.83. The first kappa shape index (κ1) is 19.2. The third kappa shape index (κ3) is 4.57. The third-order valence-corrected chi connectivity index (χ3v) is 5.33. The molecule has 0 aliphatic heterocycles. The highest BCUT2D eigenvalue weighted by atomic mass is 16.3. The average Bonchev–Trinajstić information content (AvgIpc) is 2.64. The van der Waals surface area contributed by atoms with E-state index in [0.717, 1.165) is 31.1 Å². The Morgan fingerprint density at radius 3 is 2.52 bits per heavy atom. The van der Waals surface area contributed by atoms with Crippen molar-refractivity contribution in [1.29, 1.82) is 0 Å². The molecule has 5 N–H and O–H groups in total. The molecule has 1 aliphatic carbocycles. The second kappa shape index (κ2) is 8.39. The summed E-state index contributed by atoms with van der Waals surface area (Å²) in [6.07, 6.45) is 4.16. The Hall–Kier alpha value is -2.60. The first-order valence-corrected chi connectivity index (χ1v) is 9.45. The highest BCUT2D eigenvalue weighted by molar-refractivity contribution is 6.03. The maximum atomic E-state index is 12.7. The van der Waals surface area contributed by atoms with Crippen molar-refractivity contribution < 1.29 is 19.8 Å². The van der Waals surface area contributed by atoms with E-state index in [1.165, 1.54) is 6.07 Å². The van der Waals surface area contributed by atoms with Crippen LogP contribution >= 0.6 is 0 Å². The normalized spacial score (nSPS) is 19.7. The summed E-state index contributed by atoms with van der Waals surface area (Å²) < 4.78 is 0. The van der Waals surface area contributed by atoms with E-state index in [9.17, 15) is 19.8 Å². The molecular weight excluding hydrogens is 344 g/mol. The van der Waals surface area contributed by atoms with Gasteiger partial charge in [0.1, 0.15) is 11.5 Å². The zero-order chi connectivity index (χ0) is 19.4. The Morgan fingerprint density at radius 1 is 1.07 bits per heavy atom. The molecule has 0 bridgehead atoms. The van der Waals surface area contributed by atoms with E-state index in [1.54, 1.807) is 24.3 Å². The maximum Gasteiger partial charge on any atom is 0.221 e. The molecule has 144 valence electrons. The zero-order valence-electron chi connectivity index (χ0n) is 15.3. The standard InChI is InChI=1S/C21H26N2O4/c22-9-8-21(27)23-15-6-4-13(5-7-15)10-19(25)17-11-14-2-1-3-18(24)16(14)12-20(17)26/h1-3,11-13,15,24,26H,4-10,22H2,(H,23,27). The van der Waals surface area contributed by atoms with Crippen LogP contribution < -0.4 is 11.1 Å². The average molecular weight is 370 g/mol. The highest BCUT2D eigenvalue weighted by Crippen LogP contribution is 2.33. The molecule has 0 atom stereocenters. The van der Waals surface area contributed by atoms with E-state index in [2.05, 4.69) is 5.32 Å². The number of amides is 1. The number of rotatable bonds is 6. The van der Waals surface area contributed by atoms with Crippen molar-refractivity contribution in [3.05, 3.63) is 35.9 Å². The Kier molecular flexibility index (Phi) is 5.96. The predicted octanol–water partition coefficient (Wildman–Crippen LogP) is 2.85. The van der Waals surface area contributed by atoms with Crippen LogP contribution in [0.5, 0.6) is 11.5 Å². The minimum atomic E-state index is -0.100. The van der Waals surface area contributed by atoms with E-state index in [1.807, 2.05) is 0 Å². The molecular formula is C21H26N2O4. The van der Waals surface area contributed by atoms with Crippen LogP contribution in [0.25, 0.3) is 10.8 Å². The number of hydrogen-bond acceptors (Lipinski definition) is 5. The quantitative estimate of drug-likeness (QED) is 0.584. The van der Waals surface area contributed by atoms with Gasteiger partial charge in [0.2, 0.25) is 5.91 Å². The van der Waals surface area contributed by atoms with Crippen LogP contribution in [0.2, 0.25) is 0 Å². The van der Waals surface area contributed by atoms with Gasteiger partial charge in [-0.25, -0.2) is 0 Å². The van der Waals surface area contributed by atoms with E-state index in [-0.39, 0.29) is 35.1 Å². The van der Waals surface area contributed by atoms with Gasteiger partial charge in [-0.05, 0) is 55.2 Å². The van der Waals surface area contributed by atoms with Crippen LogP contribution in [-0.2, 0) is 4.79 Å². The van der Waals surface area contributed by atoms with Crippen molar-refractivity contribution in [3.63, 3.8) is 0 Å². The van der Waals surface area contributed by atoms with Gasteiger partial charge in [0, 0.05) is 30.8 Å². The molecule has 1 amide bonds. The van der Waals surface area contributed by atoms with Crippen molar-refractivity contribution in [3.8, 4) is 11.5 Å². The predicted molar refractivity (Wildman–Crippen MR) is 104 cm³/mol. The number of phenolic OH excluding ortho intramolecular Hbond substituents is 2. The van der Waals surface area contributed by atoms with Gasteiger partial charge < -0.3 is 21.3 Å².